The normalized spacial score (nSPS) is 19.0. The van der Waals surface area contributed by atoms with E-state index in [0.717, 1.165) is 0 Å². The zero-order valence-corrected chi connectivity index (χ0v) is 12.9. The van der Waals surface area contributed by atoms with Crippen molar-refractivity contribution in [3.8, 4) is 0 Å². The average molecular weight is 300 g/mol. The first-order valence-corrected chi connectivity index (χ1v) is 7.76. The van der Waals surface area contributed by atoms with Gasteiger partial charge in [-0.25, -0.2) is 0 Å². The van der Waals surface area contributed by atoms with Crippen molar-refractivity contribution in [3.63, 3.8) is 0 Å². The predicted molar refractivity (Wildman–Crippen MR) is 81.4 cm³/mol. The van der Waals surface area contributed by atoms with Gasteiger partial charge >= 0.3 is 0 Å². The summed E-state index contributed by atoms with van der Waals surface area (Å²) in [6, 6.07) is 6.85. The van der Waals surface area contributed by atoms with Crippen LogP contribution in [0.4, 0.5) is 0 Å². The number of rotatable bonds is 2. The minimum Gasteiger partial charge on any atom is -0.342 e. The van der Waals surface area contributed by atoms with Crippen LogP contribution in [0.15, 0.2) is 24.3 Å². The fourth-order valence-corrected chi connectivity index (χ4v) is 3.25. The van der Waals surface area contributed by atoms with Crippen molar-refractivity contribution in [1.29, 1.82) is 0 Å². The van der Waals surface area contributed by atoms with Crippen LogP contribution in [-0.4, -0.2) is 46.7 Å². The fourth-order valence-electron chi connectivity index (χ4n) is 3.25. The molecule has 0 spiro atoms. The second kappa shape index (κ2) is 5.55. The van der Waals surface area contributed by atoms with E-state index in [-0.39, 0.29) is 29.7 Å². The first-order valence-electron chi connectivity index (χ1n) is 7.76. The number of amides is 3. The van der Waals surface area contributed by atoms with E-state index in [1.165, 1.54) is 4.90 Å². The molecule has 0 bridgehead atoms. The molecule has 3 amide bonds. The average Bonchev–Trinajstić information content (AvgIpc) is 2.79. The zero-order chi connectivity index (χ0) is 15.9. The van der Waals surface area contributed by atoms with Crippen LogP contribution >= 0.6 is 0 Å². The van der Waals surface area contributed by atoms with Crippen molar-refractivity contribution in [3.05, 3.63) is 35.4 Å². The molecule has 0 radical (unpaired) electrons. The lowest BCUT2D eigenvalue weighted by molar-refractivity contribution is -0.135. The lowest BCUT2D eigenvalue weighted by Crippen LogP contribution is -2.49. The minimum absolute atomic E-state index is 0.0177. The maximum Gasteiger partial charge on any atom is 0.261 e. The van der Waals surface area contributed by atoms with Gasteiger partial charge in [-0.3, -0.25) is 19.3 Å². The maximum atomic E-state index is 12.5. The predicted octanol–water partition coefficient (Wildman–Crippen LogP) is 1.93. The Kier molecular flexibility index (Phi) is 3.72. The number of nitrogens with zero attached hydrogens (tertiary/aromatic N) is 2. The van der Waals surface area contributed by atoms with Gasteiger partial charge < -0.3 is 4.90 Å². The third kappa shape index (κ3) is 2.30. The number of likely N-dealkylation sites (tertiary alicyclic amines) is 1. The van der Waals surface area contributed by atoms with Gasteiger partial charge in [0.25, 0.3) is 11.8 Å². The number of benzene rings is 1. The van der Waals surface area contributed by atoms with Crippen LogP contribution in [0.25, 0.3) is 0 Å². The Morgan fingerprint density at radius 1 is 1.05 bits per heavy atom. The fraction of sp³-hybridized carbons (Fsp3) is 0.471. The highest BCUT2D eigenvalue weighted by atomic mass is 16.2. The Bertz CT molecular complexity index is 596. The van der Waals surface area contributed by atoms with Crippen molar-refractivity contribution in [2.45, 2.75) is 32.7 Å². The van der Waals surface area contributed by atoms with Gasteiger partial charge in [-0.15, -0.1) is 0 Å². The molecule has 22 heavy (non-hydrogen) atoms. The first-order chi connectivity index (χ1) is 10.5. The Morgan fingerprint density at radius 2 is 1.55 bits per heavy atom. The van der Waals surface area contributed by atoms with Crippen LogP contribution in [0.3, 0.4) is 0 Å². The highest BCUT2D eigenvalue weighted by Gasteiger charge is 2.41. The summed E-state index contributed by atoms with van der Waals surface area (Å²) in [5.41, 5.74) is 0.987. The summed E-state index contributed by atoms with van der Waals surface area (Å²) in [6.07, 6.45) is 1.31. The molecular weight excluding hydrogens is 280 g/mol. The van der Waals surface area contributed by atoms with Crippen LogP contribution < -0.4 is 0 Å². The molecule has 5 nitrogen and oxygen atoms in total. The van der Waals surface area contributed by atoms with Gasteiger partial charge in [-0.1, -0.05) is 26.0 Å². The van der Waals surface area contributed by atoms with E-state index in [9.17, 15) is 14.4 Å². The van der Waals surface area contributed by atoms with E-state index < -0.39 is 0 Å². The van der Waals surface area contributed by atoms with Crippen molar-refractivity contribution in [1.82, 2.24) is 9.80 Å². The summed E-state index contributed by atoms with van der Waals surface area (Å²) in [7, 11) is 0. The molecule has 0 atom stereocenters. The van der Waals surface area contributed by atoms with Crippen LogP contribution in [0.5, 0.6) is 0 Å². The maximum absolute atomic E-state index is 12.5. The number of hydrogen-bond donors (Lipinski definition) is 0. The molecule has 116 valence electrons. The van der Waals surface area contributed by atoms with E-state index in [4.69, 9.17) is 0 Å². The Labute approximate surface area is 129 Å². The molecule has 2 heterocycles. The van der Waals surface area contributed by atoms with Crippen molar-refractivity contribution in [2.75, 3.05) is 13.1 Å². The van der Waals surface area contributed by atoms with Crippen LogP contribution in [0, 0.1) is 5.92 Å². The van der Waals surface area contributed by atoms with E-state index in [1.807, 2.05) is 18.7 Å². The summed E-state index contributed by atoms with van der Waals surface area (Å²) < 4.78 is 0. The number of imide groups is 1. The molecule has 1 saturated heterocycles. The minimum atomic E-state index is -0.200. The SMILES string of the molecule is CC(C)C(=O)N1CCC(N2C(=O)c3ccccc3C2=O)CC1. The largest absolute Gasteiger partial charge is 0.342 e. The number of carbonyl (C=O) groups is 3. The summed E-state index contributed by atoms with van der Waals surface area (Å²) in [5.74, 6) is -0.278. The summed E-state index contributed by atoms with van der Waals surface area (Å²) in [4.78, 5) is 40.1. The van der Waals surface area contributed by atoms with Gasteiger partial charge in [-0.05, 0) is 25.0 Å². The Balaban J connectivity index is 1.72. The molecule has 1 aromatic rings. The van der Waals surface area contributed by atoms with Crippen molar-refractivity contribution in [2.24, 2.45) is 5.92 Å². The smallest absolute Gasteiger partial charge is 0.261 e. The van der Waals surface area contributed by atoms with Crippen LogP contribution in [0.2, 0.25) is 0 Å². The molecular formula is C17H20N2O3. The molecule has 1 fully saturated rings. The lowest BCUT2D eigenvalue weighted by atomic mass is 10.0. The molecule has 1 aromatic carbocycles. The molecule has 0 saturated carbocycles. The number of piperidine rings is 1. The highest BCUT2D eigenvalue weighted by Crippen LogP contribution is 2.28. The van der Waals surface area contributed by atoms with Gasteiger partial charge in [-0.2, -0.15) is 0 Å². The standard InChI is InChI=1S/C17H20N2O3/c1-11(2)15(20)18-9-7-12(8-10-18)19-16(21)13-5-3-4-6-14(13)17(19)22/h3-6,11-12H,7-10H2,1-2H3. The quantitative estimate of drug-likeness (QED) is 0.784. The highest BCUT2D eigenvalue weighted by molar-refractivity contribution is 6.21. The summed E-state index contributed by atoms with van der Waals surface area (Å²) in [6.45, 7) is 4.99. The van der Waals surface area contributed by atoms with Gasteiger partial charge in [0.05, 0.1) is 11.1 Å². The van der Waals surface area contributed by atoms with Crippen molar-refractivity contribution >= 4 is 17.7 Å². The van der Waals surface area contributed by atoms with E-state index in [2.05, 4.69) is 0 Å². The molecule has 3 rings (SSSR count). The topological polar surface area (TPSA) is 57.7 Å². The van der Waals surface area contributed by atoms with E-state index in [0.29, 0.717) is 37.1 Å². The van der Waals surface area contributed by atoms with E-state index >= 15 is 0 Å². The molecule has 0 aromatic heterocycles. The summed E-state index contributed by atoms with van der Waals surface area (Å²) in [5, 5.41) is 0. The monoisotopic (exact) mass is 300 g/mol. The third-order valence-corrected chi connectivity index (χ3v) is 4.46. The first kappa shape index (κ1) is 14.8. The molecule has 5 heteroatoms. The number of fused-ring (bicyclic) bond motifs is 1. The molecule has 0 aliphatic carbocycles. The van der Waals surface area contributed by atoms with Crippen molar-refractivity contribution < 1.29 is 14.4 Å². The van der Waals surface area contributed by atoms with Gasteiger partial charge in [0, 0.05) is 25.0 Å². The second-order valence-electron chi connectivity index (χ2n) is 6.24. The van der Waals surface area contributed by atoms with Gasteiger partial charge in [0.1, 0.15) is 0 Å². The van der Waals surface area contributed by atoms with Gasteiger partial charge in [0.15, 0.2) is 0 Å². The van der Waals surface area contributed by atoms with Gasteiger partial charge in [0.2, 0.25) is 5.91 Å². The van der Waals surface area contributed by atoms with Crippen LogP contribution in [-0.2, 0) is 4.79 Å². The second-order valence-corrected chi connectivity index (χ2v) is 6.24. The Hall–Kier alpha value is -2.17. The molecule has 0 unspecified atom stereocenters. The number of carbonyl (C=O) groups excluding carboxylic acids is 3. The third-order valence-electron chi connectivity index (χ3n) is 4.46. The Morgan fingerprint density at radius 3 is 2.00 bits per heavy atom. The molecule has 0 N–H and O–H groups in total. The zero-order valence-electron chi connectivity index (χ0n) is 12.9. The number of hydrogen-bond acceptors (Lipinski definition) is 3. The lowest BCUT2D eigenvalue weighted by Gasteiger charge is -2.36. The van der Waals surface area contributed by atoms with E-state index in [1.54, 1.807) is 24.3 Å². The summed E-state index contributed by atoms with van der Waals surface area (Å²) >= 11 is 0. The molecule has 2 aliphatic rings. The van der Waals surface area contributed by atoms with Crippen LogP contribution in [0.1, 0.15) is 47.4 Å². The molecule has 2 aliphatic heterocycles.